The minimum Gasteiger partial charge on any atom is -0.278 e. The van der Waals surface area contributed by atoms with Crippen molar-refractivity contribution >= 4 is 69.5 Å². The highest BCUT2D eigenvalue weighted by atomic mass is 32.1. The highest BCUT2D eigenvalue weighted by Crippen LogP contribution is 2.26. The van der Waals surface area contributed by atoms with Gasteiger partial charge in [-0.05, 0) is 46.9 Å². The zero-order valence-corrected chi connectivity index (χ0v) is 22.7. The van der Waals surface area contributed by atoms with Gasteiger partial charge in [-0.15, -0.1) is 0 Å². The van der Waals surface area contributed by atoms with Crippen LogP contribution >= 0.6 is 22.7 Å². The van der Waals surface area contributed by atoms with Gasteiger partial charge in [0.2, 0.25) is 0 Å². The Balaban J connectivity index is 1.40. The Hall–Kier alpha value is -1.75. The van der Waals surface area contributed by atoms with Crippen LogP contribution in [-0.4, -0.2) is 16.1 Å². The van der Waals surface area contributed by atoms with Gasteiger partial charge in [-0.3, -0.25) is 11.5 Å². The van der Waals surface area contributed by atoms with Gasteiger partial charge >= 0.3 is 10.3 Å². The molecule has 164 valence electrons. The van der Waals surface area contributed by atoms with Gasteiger partial charge in [-0.25, -0.2) is 9.13 Å². The van der Waals surface area contributed by atoms with E-state index in [0.717, 1.165) is 22.6 Å². The van der Waals surface area contributed by atoms with E-state index in [9.17, 15) is 0 Å². The molecule has 0 spiro atoms. The summed E-state index contributed by atoms with van der Waals surface area (Å²) in [5, 5.41) is 1.88. The zero-order chi connectivity index (χ0) is 22.2. The first-order valence-electron chi connectivity index (χ1n) is 11.0. The average Bonchev–Trinajstić information content (AvgIpc) is 3.17. The van der Waals surface area contributed by atoms with Crippen LogP contribution in [-0.2, 0) is 12.3 Å². The number of hydrogen-bond donors (Lipinski definition) is 2. The fraction of sp³-hybridized carbons (Fsp3) is 0.391. The van der Waals surface area contributed by atoms with E-state index in [0.29, 0.717) is 0 Å². The van der Waals surface area contributed by atoms with Crippen LogP contribution in [0, 0.1) is 0 Å². The Morgan fingerprint density at radius 2 is 1.06 bits per heavy atom. The number of nitrogens with zero attached hydrogens (tertiary/aromatic N) is 2. The molecule has 0 atom stereocenters. The van der Waals surface area contributed by atoms with Gasteiger partial charge in [0.25, 0.3) is 0 Å². The second-order valence-corrected chi connectivity index (χ2v) is 22.6. The number of para-hydroxylation sites is 2. The lowest BCUT2D eigenvalue weighted by Gasteiger charge is -2.24. The normalized spacial score (nSPS) is 12.8. The van der Waals surface area contributed by atoms with Crippen LogP contribution in [0.2, 0.25) is 38.3 Å². The second kappa shape index (κ2) is 8.65. The molecule has 0 amide bonds. The Labute approximate surface area is 195 Å². The predicted molar refractivity (Wildman–Crippen MR) is 142 cm³/mol. The van der Waals surface area contributed by atoms with E-state index in [2.05, 4.69) is 83.9 Å². The third-order valence-corrected chi connectivity index (χ3v) is 13.9. The number of aromatic nitrogens is 2. The summed E-state index contributed by atoms with van der Waals surface area (Å²) < 4.78 is 7.30. The topological polar surface area (TPSA) is 59.8 Å². The molecule has 0 unspecified atom stereocenters. The molecule has 0 fully saturated rings. The van der Waals surface area contributed by atoms with E-state index in [4.69, 9.17) is 11.5 Å². The first-order chi connectivity index (χ1) is 14.7. The van der Waals surface area contributed by atoms with Gasteiger partial charge in [0.15, 0.2) is 0 Å². The van der Waals surface area contributed by atoms with E-state index in [-0.39, 0.29) is 0 Å². The van der Waals surface area contributed by atoms with E-state index in [1.165, 1.54) is 38.9 Å². The molecule has 0 bridgehead atoms. The van der Waals surface area contributed by atoms with Crippen molar-refractivity contribution in [3.63, 3.8) is 0 Å². The minimum atomic E-state index is -1.41. The summed E-state index contributed by atoms with van der Waals surface area (Å²) in [6.07, 6.45) is 3.51. The lowest BCUT2D eigenvalue weighted by Crippen LogP contribution is -2.50. The molecule has 4 aromatic rings. The van der Waals surface area contributed by atoms with Gasteiger partial charge in [-0.1, -0.05) is 69.0 Å². The van der Waals surface area contributed by atoms with Crippen molar-refractivity contribution in [1.82, 2.24) is 0 Å². The van der Waals surface area contributed by atoms with Crippen molar-refractivity contribution in [3.8, 4) is 0 Å². The molecule has 31 heavy (non-hydrogen) atoms. The number of hydrogen-bond acceptors (Lipinski definition) is 4. The van der Waals surface area contributed by atoms with Gasteiger partial charge in [0.1, 0.15) is 11.0 Å². The standard InChI is InChI=1S/C23H32N4S2Si2/c1-30(2,16-26-18-10-5-7-12-20(18)28-22(26)24)14-9-15-31(3,4)17-27-19-11-6-8-13-21(19)29-23(27)25/h5-8,10-13,24-25H,9,14-17H2,1-4H3/p+2. The van der Waals surface area contributed by atoms with Crippen LogP contribution in [0.3, 0.4) is 0 Å². The van der Waals surface area contributed by atoms with Crippen molar-refractivity contribution < 1.29 is 9.13 Å². The first kappa shape index (κ1) is 22.4. The van der Waals surface area contributed by atoms with Crippen LogP contribution in [0.25, 0.3) is 20.4 Å². The van der Waals surface area contributed by atoms with E-state index in [1.54, 1.807) is 22.7 Å². The molecular weight excluding hydrogens is 453 g/mol. The maximum Gasteiger partial charge on any atom is 0.332 e. The van der Waals surface area contributed by atoms with Gasteiger partial charge in [-0.2, -0.15) is 0 Å². The largest absolute Gasteiger partial charge is 0.332 e. The maximum absolute atomic E-state index is 6.39. The van der Waals surface area contributed by atoms with Crippen molar-refractivity contribution in [3.05, 3.63) is 48.5 Å². The molecule has 0 aliphatic carbocycles. The number of benzene rings is 2. The van der Waals surface area contributed by atoms with Crippen LogP contribution in [0.15, 0.2) is 48.5 Å². The molecule has 4 rings (SSSR count). The zero-order valence-electron chi connectivity index (χ0n) is 19.0. The summed E-state index contributed by atoms with van der Waals surface area (Å²) in [7, 11) is -2.81. The molecule has 0 aliphatic heterocycles. The van der Waals surface area contributed by atoms with E-state index in [1.807, 2.05) is 0 Å². The summed E-state index contributed by atoms with van der Waals surface area (Å²) in [5.41, 5.74) is 15.4. The Morgan fingerprint density at radius 3 is 1.48 bits per heavy atom. The molecule has 0 radical (unpaired) electrons. The molecule has 4 nitrogen and oxygen atoms in total. The van der Waals surface area contributed by atoms with Crippen LogP contribution < -0.4 is 20.6 Å². The molecule has 2 aromatic heterocycles. The number of thiazole rings is 2. The number of nitrogens with two attached hydrogens (primary N) is 2. The molecular formula is C23H34N4S2Si2+2. The lowest BCUT2D eigenvalue weighted by molar-refractivity contribution is -0.636. The second-order valence-electron chi connectivity index (χ2n) is 10.2. The molecule has 0 saturated heterocycles. The highest BCUT2D eigenvalue weighted by molar-refractivity contribution is 7.21. The fourth-order valence-corrected chi connectivity index (χ4v) is 11.9. The Bertz CT molecular complexity index is 1120. The Morgan fingerprint density at radius 1 is 0.677 bits per heavy atom. The molecule has 2 heterocycles. The number of rotatable bonds is 8. The van der Waals surface area contributed by atoms with Crippen molar-refractivity contribution in [2.24, 2.45) is 0 Å². The summed E-state index contributed by atoms with van der Waals surface area (Å²) >= 11 is 3.42. The molecule has 4 N–H and O–H groups in total. The molecule has 0 aliphatic rings. The van der Waals surface area contributed by atoms with E-state index < -0.39 is 16.1 Å². The predicted octanol–water partition coefficient (Wildman–Crippen LogP) is 5.44. The monoisotopic (exact) mass is 486 g/mol. The number of nitrogen functional groups attached to an aromatic ring is 2. The summed E-state index contributed by atoms with van der Waals surface area (Å²) in [5.74, 6) is 0. The highest BCUT2D eigenvalue weighted by Gasteiger charge is 2.31. The number of anilines is 2. The molecule has 8 heteroatoms. The third kappa shape index (κ3) is 5.02. The summed E-state index contributed by atoms with van der Waals surface area (Å²) in [6.45, 7) is 10.1. The summed E-state index contributed by atoms with van der Waals surface area (Å²) in [6, 6.07) is 19.9. The van der Waals surface area contributed by atoms with E-state index >= 15 is 0 Å². The Kier molecular flexibility index (Phi) is 6.26. The SMILES string of the molecule is C[Si](C)(CCC[Si](C)(C)C[n+]1c(N)sc2ccccc21)C[n+]1c(N)sc2ccccc21. The smallest absolute Gasteiger partial charge is 0.278 e. The van der Waals surface area contributed by atoms with Gasteiger partial charge < -0.3 is 0 Å². The van der Waals surface area contributed by atoms with Gasteiger partial charge in [0.05, 0.1) is 37.9 Å². The number of fused-ring (bicyclic) bond motifs is 2. The summed E-state index contributed by atoms with van der Waals surface area (Å²) in [4.78, 5) is 0. The molecule has 0 saturated carbocycles. The van der Waals surface area contributed by atoms with Crippen molar-refractivity contribution in [2.45, 2.75) is 57.0 Å². The van der Waals surface area contributed by atoms with Crippen LogP contribution in [0.4, 0.5) is 10.3 Å². The first-order valence-corrected chi connectivity index (χ1v) is 19.5. The van der Waals surface area contributed by atoms with Crippen LogP contribution in [0.1, 0.15) is 6.42 Å². The quantitative estimate of drug-likeness (QED) is 0.257. The molecule has 2 aromatic carbocycles. The lowest BCUT2D eigenvalue weighted by atomic mass is 10.3. The van der Waals surface area contributed by atoms with Crippen molar-refractivity contribution in [1.29, 1.82) is 0 Å². The third-order valence-electron chi connectivity index (χ3n) is 6.15. The van der Waals surface area contributed by atoms with Gasteiger partial charge in [0, 0.05) is 0 Å². The maximum atomic E-state index is 6.39. The van der Waals surface area contributed by atoms with Crippen molar-refractivity contribution in [2.75, 3.05) is 11.5 Å². The average molecular weight is 487 g/mol. The van der Waals surface area contributed by atoms with Crippen LogP contribution in [0.5, 0.6) is 0 Å². The minimum absolute atomic E-state index is 0.938. The fourth-order valence-electron chi connectivity index (χ4n) is 4.49.